The summed E-state index contributed by atoms with van der Waals surface area (Å²) in [7, 11) is 0. The quantitative estimate of drug-likeness (QED) is 0.177. The van der Waals surface area contributed by atoms with Crippen molar-refractivity contribution in [2.75, 3.05) is 4.90 Å². The Balaban J connectivity index is 1.19. The molecule has 1 spiro atoms. The summed E-state index contributed by atoms with van der Waals surface area (Å²) in [5.41, 5.74) is 9.77. The molecule has 7 heteroatoms. The van der Waals surface area contributed by atoms with Gasteiger partial charge in [0, 0.05) is 27.1 Å². The van der Waals surface area contributed by atoms with E-state index in [9.17, 15) is 0 Å². The van der Waals surface area contributed by atoms with Crippen LogP contribution >= 0.6 is 0 Å². The second kappa shape index (κ2) is 12.0. The summed E-state index contributed by atoms with van der Waals surface area (Å²) in [6.07, 6.45) is 0. The second-order valence-electron chi connectivity index (χ2n) is 15.0. The SMILES string of the molecule is c1ccc2c(c1)Oc1ccccc1C1(c3ccccc3-c3ccccc31)N2c1nc(-c2cccc3c2oc2ccccc23)nc(-c2cccc3c2oc2ccccc23)n1. The first kappa shape index (κ1) is 32.1. The zero-order chi connectivity index (χ0) is 38.7. The van der Waals surface area contributed by atoms with Crippen LogP contribution in [-0.2, 0) is 5.54 Å². The van der Waals surface area contributed by atoms with Gasteiger partial charge in [0.2, 0.25) is 5.95 Å². The van der Waals surface area contributed by atoms with Crippen molar-refractivity contribution in [3.63, 3.8) is 0 Å². The standard InChI is InChI=1S/C52H30N4O3/c1-5-23-39-31(15-1)32-16-2-6-24-40(32)52(39)41-25-7-11-29-45(41)57-46-30-12-8-26-42(46)56(52)51-54-49(37-21-13-19-35-33-17-3-9-27-43(33)58-47(35)37)53-50(55-51)38-22-14-20-36-34-18-4-10-28-44(34)59-48(36)38/h1-30H. The zero-order valence-corrected chi connectivity index (χ0v) is 31.3. The summed E-state index contributed by atoms with van der Waals surface area (Å²) in [5, 5.41) is 4.02. The van der Waals surface area contributed by atoms with Gasteiger partial charge in [-0.15, -0.1) is 0 Å². The minimum atomic E-state index is -0.969. The van der Waals surface area contributed by atoms with Crippen LogP contribution in [0.25, 0.3) is 77.8 Å². The van der Waals surface area contributed by atoms with Gasteiger partial charge in [0.05, 0.1) is 16.8 Å². The van der Waals surface area contributed by atoms with Gasteiger partial charge in [-0.1, -0.05) is 140 Å². The molecule has 0 radical (unpaired) electrons. The van der Waals surface area contributed by atoms with Gasteiger partial charge in [-0.3, -0.25) is 4.90 Å². The third-order valence-electron chi connectivity index (χ3n) is 12.0. The Kier molecular flexibility index (Phi) is 6.52. The molecule has 0 amide bonds. The molecule has 1 aliphatic heterocycles. The number of benzene rings is 8. The number of hydrogen-bond acceptors (Lipinski definition) is 7. The molecule has 59 heavy (non-hydrogen) atoms. The fourth-order valence-electron chi connectivity index (χ4n) is 9.56. The molecule has 7 nitrogen and oxygen atoms in total. The lowest BCUT2D eigenvalue weighted by Gasteiger charge is -2.42. The van der Waals surface area contributed by atoms with Gasteiger partial charge in [0.15, 0.2) is 17.4 Å². The van der Waals surface area contributed by atoms with E-state index in [-0.39, 0.29) is 0 Å². The minimum absolute atomic E-state index is 0.436. The van der Waals surface area contributed by atoms with E-state index < -0.39 is 5.54 Å². The van der Waals surface area contributed by atoms with Crippen molar-refractivity contribution >= 4 is 55.5 Å². The molecule has 3 aromatic heterocycles. The average molecular weight is 759 g/mol. The summed E-state index contributed by atoms with van der Waals surface area (Å²) >= 11 is 0. The van der Waals surface area contributed by atoms with Crippen molar-refractivity contribution in [1.82, 2.24) is 15.0 Å². The van der Waals surface area contributed by atoms with Crippen LogP contribution in [0.3, 0.4) is 0 Å². The van der Waals surface area contributed by atoms with E-state index in [0.717, 1.165) is 83.1 Å². The van der Waals surface area contributed by atoms with Crippen LogP contribution in [0.5, 0.6) is 11.5 Å². The van der Waals surface area contributed by atoms with Crippen molar-refractivity contribution in [2.24, 2.45) is 0 Å². The normalized spacial score (nSPS) is 13.7. The van der Waals surface area contributed by atoms with Gasteiger partial charge < -0.3 is 13.6 Å². The molecule has 0 fully saturated rings. The predicted molar refractivity (Wildman–Crippen MR) is 232 cm³/mol. The molecule has 0 saturated heterocycles. The molecule has 276 valence electrons. The van der Waals surface area contributed by atoms with Crippen LogP contribution < -0.4 is 9.64 Å². The molecule has 11 aromatic rings. The first-order valence-electron chi connectivity index (χ1n) is 19.7. The fraction of sp³-hybridized carbons (Fsp3) is 0.0192. The molecular weight excluding hydrogens is 729 g/mol. The van der Waals surface area contributed by atoms with Gasteiger partial charge in [-0.25, -0.2) is 4.98 Å². The van der Waals surface area contributed by atoms with Crippen LogP contribution in [0.15, 0.2) is 191 Å². The highest BCUT2D eigenvalue weighted by Crippen LogP contribution is 2.61. The number of fused-ring (bicyclic) bond motifs is 14. The molecule has 0 bridgehead atoms. The molecule has 4 heterocycles. The number of hydrogen-bond donors (Lipinski definition) is 0. The van der Waals surface area contributed by atoms with E-state index in [2.05, 4.69) is 102 Å². The van der Waals surface area contributed by atoms with Crippen LogP contribution in [0.1, 0.15) is 16.7 Å². The van der Waals surface area contributed by atoms with Gasteiger partial charge in [0.1, 0.15) is 33.6 Å². The number of nitrogens with zero attached hydrogens (tertiary/aromatic N) is 4. The maximum atomic E-state index is 6.94. The molecule has 8 aromatic carbocycles. The average Bonchev–Trinajstić information content (AvgIpc) is 3.93. The Bertz CT molecular complexity index is 3350. The number of furan rings is 2. The lowest BCUT2D eigenvalue weighted by Crippen LogP contribution is -2.44. The smallest absolute Gasteiger partial charge is 0.235 e. The molecule has 0 N–H and O–H groups in total. The van der Waals surface area contributed by atoms with Crippen molar-refractivity contribution in [1.29, 1.82) is 0 Å². The summed E-state index contributed by atoms with van der Waals surface area (Å²) in [6, 6.07) is 62.3. The van der Waals surface area contributed by atoms with Crippen LogP contribution in [0.4, 0.5) is 11.6 Å². The van der Waals surface area contributed by atoms with Crippen LogP contribution in [0.2, 0.25) is 0 Å². The number of anilines is 2. The van der Waals surface area contributed by atoms with E-state index in [1.54, 1.807) is 0 Å². The van der Waals surface area contributed by atoms with Gasteiger partial charge in [0.25, 0.3) is 0 Å². The summed E-state index contributed by atoms with van der Waals surface area (Å²) in [5.74, 6) is 2.80. The zero-order valence-electron chi connectivity index (χ0n) is 31.3. The van der Waals surface area contributed by atoms with Crippen molar-refractivity contribution < 1.29 is 13.6 Å². The topological polar surface area (TPSA) is 77.4 Å². The maximum Gasteiger partial charge on any atom is 0.235 e. The van der Waals surface area contributed by atoms with Crippen LogP contribution in [0, 0.1) is 0 Å². The van der Waals surface area contributed by atoms with Crippen molar-refractivity contribution in [2.45, 2.75) is 5.54 Å². The van der Waals surface area contributed by atoms with E-state index in [0.29, 0.717) is 34.5 Å². The van der Waals surface area contributed by atoms with Gasteiger partial charge in [-0.2, -0.15) is 9.97 Å². The number of ether oxygens (including phenoxy) is 1. The molecular formula is C52H30N4O3. The van der Waals surface area contributed by atoms with E-state index in [1.165, 1.54) is 0 Å². The Morgan fingerprint density at radius 3 is 1.44 bits per heavy atom. The highest BCUT2D eigenvalue weighted by Gasteiger charge is 2.54. The largest absolute Gasteiger partial charge is 0.455 e. The monoisotopic (exact) mass is 758 g/mol. The Morgan fingerprint density at radius 2 is 0.831 bits per heavy atom. The van der Waals surface area contributed by atoms with Crippen molar-refractivity contribution in [3.8, 4) is 45.4 Å². The van der Waals surface area contributed by atoms with E-state index in [1.807, 2.05) is 84.9 Å². The number of rotatable bonds is 3. The highest BCUT2D eigenvalue weighted by atomic mass is 16.5. The molecule has 0 unspecified atom stereocenters. The molecule has 13 rings (SSSR count). The molecule has 0 atom stereocenters. The van der Waals surface area contributed by atoms with E-state index >= 15 is 0 Å². The van der Waals surface area contributed by atoms with E-state index in [4.69, 9.17) is 28.5 Å². The van der Waals surface area contributed by atoms with Gasteiger partial charge in [-0.05, 0) is 64.7 Å². The number of aromatic nitrogens is 3. The van der Waals surface area contributed by atoms with Crippen LogP contribution in [-0.4, -0.2) is 15.0 Å². The third-order valence-corrected chi connectivity index (χ3v) is 12.0. The lowest BCUT2D eigenvalue weighted by molar-refractivity contribution is 0.480. The fourth-order valence-corrected chi connectivity index (χ4v) is 9.56. The minimum Gasteiger partial charge on any atom is -0.455 e. The number of para-hydroxylation sites is 7. The second-order valence-corrected chi connectivity index (χ2v) is 15.0. The third kappa shape index (κ3) is 4.38. The Morgan fingerprint density at radius 1 is 0.373 bits per heavy atom. The maximum absolute atomic E-state index is 6.94. The molecule has 1 aliphatic carbocycles. The highest BCUT2D eigenvalue weighted by molar-refractivity contribution is 6.10. The summed E-state index contributed by atoms with van der Waals surface area (Å²) in [4.78, 5) is 18.7. The van der Waals surface area contributed by atoms with Gasteiger partial charge >= 0.3 is 0 Å². The lowest BCUT2D eigenvalue weighted by atomic mass is 9.78. The predicted octanol–water partition coefficient (Wildman–Crippen LogP) is 13.2. The van der Waals surface area contributed by atoms with Crippen molar-refractivity contribution in [3.05, 3.63) is 199 Å². The molecule has 0 saturated carbocycles. The first-order chi connectivity index (χ1) is 29.3. The molecule has 2 aliphatic rings. The first-order valence-corrected chi connectivity index (χ1v) is 19.7. The summed E-state index contributed by atoms with van der Waals surface area (Å²) < 4.78 is 20.2. The Labute approximate surface area is 337 Å². The Hall–Kier alpha value is -8.03. The summed E-state index contributed by atoms with van der Waals surface area (Å²) in [6.45, 7) is 0.